The van der Waals surface area contributed by atoms with Gasteiger partial charge in [-0.3, -0.25) is 9.52 Å². The van der Waals surface area contributed by atoms with Crippen LogP contribution in [0.4, 0.5) is 5.69 Å². The normalized spacial score (nSPS) is 16.3. The van der Waals surface area contributed by atoms with Crippen molar-refractivity contribution in [3.63, 3.8) is 0 Å². The largest absolute Gasteiger partial charge is 0.353 e. The maximum Gasteiger partial charge on any atom is 0.261 e. The monoisotopic (exact) mass is 400 g/mol. The predicted octanol–water partition coefficient (Wildman–Crippen LogP) is 4.05. The first-order valence-corrected chi connectivity index (χ1v) is 11.2. The fraction of sp³-hybridized carbons (Fsp3) is 0.409. The predicted molar refractivity (Wildman–Crippen MR) is 112 cm³/mol. The fourth-order valence-electron chi connectivity index (χ4n) is 3.19. The van der Waals surface area contributed by atoms with Crippen LogP contribution in [0.5, 0.6) is 0 Å². The van der Waals surface area contributed by atoms with Gasteiger partial charge in [0.1, 0.15) is 0 Å². The number of anilines is 1. The van der Waals surface area contributed by atoms with E-state index in [2.05, 4.69) is 10.0 Å². The SMILES string of the molecule is CC[C@@H](C)NC(=O)C1(c2ccc(NS(=O)(=O)c3ccc(C)c(C)c3)cc2)CC1. The van der Waals surface area contributed by atoms with E-state index in [0.29, 0.717) is 5.69 Å². The molecule has 0 radical (unpaired) electrons. The molecule has 5 nitrogen and oxygen atoms in total. The number of carbonyl (C=O) groups is 1. The number of hydrogen-bond acceptors (Lipinski definition) is 3. The van der Waals surface area contributed by atoms with Gasteiger partial charge in [0.15, 0.2) is 0 Å². The summed E-state index contributed by atoms with van der Waals surface area (Å²) in [4.78, 5) is 12.9. The number of amides is 1. The maximum absolute atomic E-state index is 12.6. The lowest BCUT2D eigenvalue weighted by molar-refractivity contribution is -0.124. The van der Waals surface area contributed by atoms with Crippen molar-refractivity contribution in [2.75, 3.05) is 4.72 Å². The van der Waals surface area contributed by atoms with Gasteiger partial charge in [-0.05, 0) is 81.0 Å². The molecule has 0 aliphatic heterocycles. The molecule has 1 fully saturated rings. The molecular weight excluding hydrogens is 372 g/mol. The molecule has 28 heavy (non-hydrogen) atoms. The number of carbonyl (C=O) groups excluding carboxylic acids is 1. The quantitative estimate of drug-likeness (QED) is 0.736. The summed E-state index contributed by atoms with van der Waals surface area (Å²) in [5.74, 6) is 0.0605. The molecule has 1 aliphatic rings. The van der Waals surface area contributed by atoms with Crippen molar-refractivity contribution in [3.8, 4) is 0 Å². The lowest BCUT2D eigenvalue weighted by Gasteiger charge is -2.19. The Labute approximate surface area is 167 Å². The summed E-state index contributed by atoms with van der Waals surface area (Å²) in [5.41, 5.74) is 2.94. The first-order chi connectivity index (χ1) is 13.2. The minimum Gasteiger partial charge on any atom is -0.353 e. The Kier molecular flexibility index (Phi) is 5.53. The minimum absolute atomic E-state index is 0.0605. The summed E-state index contributed by atoms with van der Waals surface area (Å²) >= 11 is 0. The van der Waals surface area contributed by atoms with Gasteiger partial charge in [-0.25, -0.2) is 8.42 Å². The standard InChI is InChI=1S/C22H28N2O3S/c1-5-17(4)23-21(25)22(12-13-22)18-7-9-19(10-8-18)24-28(26,27)20-11-6-15(2)16(3)14-20/h6-11,14,17,24H,5,12-13H2,1-4H3,(H,23,25)/t17-/m1/s1. The fourth-order valence-corrected chi connectivity index (χ4v) is 4.33. The molecule has 0 aromatic heterocycles. The molecule has 1 aliphatic carbocycles. The Morgan fingerprint density at radius 3 is 2.25 bits per heavy atom. The van der Waals surface area contributed by atoms with Gasteiger partial charge < -0.3 is 5.32 Å². The van der Waals surface area contributed by atoms with Crippen LogP contribution in [0, 0.1) is 13.8 Å². The van der Waals surface area contributed by atoms with Crippen LogP contribution in [-0.2, 0) is 20.2 Å². The summed E-state index contributed by atoms with van der Waals surface area (Å²) in [5, 5.41) is 3.06. The average molecular weight is 401 g/mol. The van der Waals surface area contributed by atoms with Crippen LogP contribution in [0.1, 0.15) is 49.8 Å². The molecule has 150 valence electrons. The first-order valence-electron chi connectivity index (χ1n) is 9.69. The molecule has 1 atom stereocenters. The second-order valence-corrected chi connectivity index (χ2v) is 9.48. The van der Waals surface area contributed by atoms with E-state index >= 15 is 0 Å². The van der Waals surface area contributed by atoms with Gasteiger partial charge in [0.05, 0.1) is 10.3 Å². The van der Waals surface area contributed by atoms with Crippen molar-refractivity contribution in [3.05, 3.63) is 59.2 Å². The van der Waals surface area contributed by atoms with E-state index in [9.17, 15) is 13.2 Å². The highest BCUT2D eigenvalue weighted by atomic mass is 32.2. The van der Waals surface area contributed by atoms with Crippen molar-refractivity contribution in [1.29, 1.82) is 0 Å². The number of hydrogen-bond donors (Lipinski definition) is 2. The summed E-state index contributed by atoms with van der Waals surface area (Å²) in [6, 6.07) is 12.4. The van der Waals surface area contributed by atoms with Crippen LogP contribution in [0.3, 0.4) is 0 Å². The van der Waals surface area contributed by atoms with Crippen LogP contribution in [0.25, 0.3) is 0 Å². The summed E-state index contributed by atoms with van der Waals surface area (Å²) in [6.07, 6.45) is 2.53. The Morgan fingerprint density at radius 1 is 1.07 bits per heavy atom. The Hall–Kier alpha value is -2.34. The zero-order chi connectivity index (χ0) is 20.5. The second kappa shape index (κ2) is 7.59. The van der Waals surface area contributed by atoms with E-state index < -0.39 is 15.4 Å². The Balaban J connectivity index is 1.76. The zero-order valence-corrected chi connectivity index (χ0v) is 17.7. The molecule has 0 spiro atoms. The van der Waals surface area contributed by atoms with Crippen molar-refractivity contribution in [2.45, 2.75) is 63.3 Å². The third-order valence-corrected chi connectivity index (χ3v) is 7.03. The third-order valence-electron chi connectivity index (χ3n) is 5.65. The molecule has 3 rings (SSSR count). The highest BCUT2D eigenvalue weighted by Crippen LogP contribution is 2.48. The van der Waals surface area contributed by atoms with Crippen molar-refractivity contribution in [2.24, 2.45) is 0 Å². The van der Waals surface area contributed by atoms with Crippen LogP contribution in [0.2, 0.25) is 0 Å². The summed E-state index contributed by atoms with van der Waals surface area (Å²) < 4.78 is 27.9. The van der Waals surface area contributed by atoms with E-state index in [1.165, 1.54) is 0 Å². The molecule has 0 saturated heterocycles. The molecule has 6 heteroatoms. The summed E-state index contributed by atoms with van der Waals surface area (Å²) in [7, 11) is -3.65. The molecule has 1 saturated carbocycles. The maximum atomic E-state index is 12.6. The van der Waals surface area contributed by atoms with E-state index in [0.717, 1.165) is 36.0 Å². The van der Waals surface area contributed by atoms with E-state index in [-0.39, 0.29) is 16.8 Å². The highest BCUT2D eigenvalue weighted by molar-refractivity contribution is 7.92. The number of sulfonamides is 1. The van der Waals surface area contributed by atoms with E-state index in [1.54, 1.807) is 30.3 Å². The van der Waals surface area contributed by atoms with Gasteiger partial charge in [-0.1, -0.05) is 25.1 Å². The summed E-state index contributed by atoms with van der Waals surface area (Å²) in [6.45, 7) is 7.88. The molecule has 2 N–H and O–H groups in total. The van der Waals surface area contributed by atoms with Gasteiger partial charge in [-0.2, -0.15) is 0 Å². The van der Waals surface area contributed by atoms with Gasteiger partial charge in [-0.15, -0.1) is 0 Å². The smallest absolute Gasteiger partial charge is 0.261 e. The molecule has 0 unspecified atom stereocenters. The molecular formula is C22H28N2O3S. The molecule has 0 bridgehead atoms. The zero-order valence-electron chi connectivity index (χ0n) is 16.9. The van der Waals surface area contributed by atoms with Crippen molar-refractivity contribution in [1.82, 2.24) is 5.32 Å². The van der Waals surface area contributed by atoms with E-state index in [1.807, 2.05) is 39.8 Å². The Morgan fingerprint density at radius 2 is 1.71 bits per heavy atom. The minimum atomic E-state index is -3.65. The lowest BCUT2D eigenvalue weighted by Crippen LogP contribution is -2.39. The Bertz CT molecular complexity index is 977. The number of nitrogens with one attached hydrogen (secondary N) is 2. The van der Waals surface area contributed by atoms with Gasteiger partial charge in [0.2, 0.25) is 5.91 Å². The first kappa shape index (κ1) is 20.4. The second-order valence-electron chi connectivity index (χ2n) is 7.79. The number of aryl methyl sites for hydroxylation is 2. The van der Waals surface area contributed by atoms with Crippen LogP contribution in [-0.4, -0.2) is 20.4 Å². The molecule has 2 aromatic carbocycles. The third kappa shape index (κ3) is 4.07. The topological polar surface area (TPSA) is 75.3 Å². The lowest BCUT2D eigenvalue weighted by atomic mass is 9.94. The van der Waals surface area contributed by atoms with Gasteiger partial charge in [0, 0.05) is 11.7 Å². The van der Waals surface area contributed by atoms with E-state index in [4.69, 9.17) is 0 Å². The van der Waals surface area contributed by atoms with Crippen molar-refractivity contribution >= 4 is 21.6 Å². The average Bonchev–Trinajstić information content (AvgIpc) is 3.46. The van der Waals surface area contributed by atoms with Gasteiger partial charge >= 0.3 is 0 Å². The van der Waals surface area contributed by atoms with Crippen LogP contribution >= 0.6 is 0 Å². The number of benzene rings is 2. The number of rotatable bonds is 7. The molecule has 1 amide bonds. The van der Waals surface area contributed by atoms with Gasteiger partial charge in [0.25, 0.3) is 10.0 Å². The molecule has 0 heterocycles. The van der Waals surface area contributed by atoms with Crippen LogP contribution < -0.4 is 10.0 Å². The van der Waals surface area contributed by atoms with Crippen molar-refractivity contribution < 1.29 is 13.2 Å². The highest BCUT2D eigenvalue weighted by Gasteiger charge is 2.51. The van der Waals surface area contributed by atoms with Crippen LogP contribution in [0.15, 0.2) is 47.4 Å². The molecule has 2 aromatic rings.